The number of hydrogen-bond donors (Lipinski definition) is 0. The molecule has 1 aliphatic heterocycles. The van der Waals surface area contributed by atoms with Crippen molar-refractivity contribution in [3.8, 4) is 5.75 Å². The zero-order chi connectivity index (χ0) is 22.7. The highest BCUT2D eigenvalue weighted by Crippen LogP contribution is 2.35. The number of ether oxygens (including phenoxy) is 2. The average molecular weight is 512 g/mol. The number of thioether (sulfide) groups is 1. The molecule has 2 amide bonds. The van der Waals surface area contributed by atoms with Crippen molar-refractivity contribution in [2.75, 3.05) is 13.7 Å². The molecule has 0 aromatic heterocycles. The topological polar surface area (TPSA) is 72.9 Å². The van der Waals surface area contributed by atoms with Crippen LogP contribution in [0.2, 0.25) is 0 Å². The lowest BCUT2D eigenvalue weighted by molar-refractivity contribution is -0.142. The Balaban J connectivity index is 1.49. The zero-order valence-corrected chi connectivity index (χ0v) is 19.4. The van der Waals surface area contributed by atoms with E-state index in [1.807, 2.05) is 42.5 Å². The predicted octanol–water partition coefficient (Wildman–Crippen LogP) is 5.39. The van der Waals surface area contributed by atoms with E-state index in [0.29, 0.717) is 15.1 Å². The lowest BCUT2D eigenvalue weighted by Crippen LogP contribution is -2.27. The van der Waals surface area contributed by atoms with Crippen LogP contribution >= 0.6 is 27.7 Å². The number of nitrogens with zero attached hydrogens (tertiary/aromatic N) is 1. The molecule has 1 saturated heterocycles. The van der Waals surface area contributed by atoms with Gasteiger partial charge in [-0.25, -0.2) is 4.79 Å². The Morgan fingerprint density at radius 1 is 1.06 bits per heavy atom. The third-order valence-corrected chi connectivity index (χ3v) is 6.38. The van der Waals surface area contributed by atoms with Gasteiger partial charge in [-0.3, -0.25) is 14.5 Å². The minimum absolute atomic E-state index is 0.206. The SMILES string of the molecule is COC(=O)COc1ccc(/C=C2/SC(=O)N(Cc3ccc4ccccc4c3)C2=O)cc1Br. The summed E-state index contributed by atoms with van der Waals surface area (Å²) in [7, 11) is 1.29. The lowest BCUT2D eigenvalue weighted by atomic mass is 10.1. The number of esters is 1. The molecule has 0 atom stereocenters. The van der Waals surface area contributed by atoms with Gasteiger partial charge in [0, 0.05) is 0 Å². The number of benzene rings is 3. The molecule has 3 aromatic carbocycles. The predicted molar refractivity (Wildman–Crippen MR) is 127 cm³/mol. The first-order valence-corrected chi connectivity index (χ1v) is 11.3. The second-order valence-corrected chi connectivity index (χ2v) is 8.85. The maximum Gasteiger partial charge on any atom is 0.343 e. The fourth-order valence-corrected chi connectivity index (χ4v) is 4.58. The van der Waals surface area contributed by atoms with Crippen LogP contribution in [-0.4, -0.2) is 35.7 Å². The van der Waals surface area contributed by atoms with Crippen molar-refractivity contribution in [1.82, 2.24) is 4.90 Å². The maximum atomic E-state index is 12.9. The van der Waals surface area contributed by atoms with E-state index in [2.05, 4.69) is 20.7 Å². The van der Waals surface area contributed by atoms with Gasteiger partial charge in [0.15, 0.2) is 6.61 Å². The first-order valence-electron chi connectivity index (χ1n) is 9.67. The molecule has 0 aliphatic carbocycles. The number of methoxy groups -OCH3 is 1. The Labute approximate surface area is 197 Å². The van der Waals surface area contributed by atoms with E-state index in [1.165, 1.54) is 12.0 Å². The summed E-state index contributed by atoms with van der Waals surface area (Å²) in [5, 5.41) is 1.87. The van der Waals surface area contributed by atoms with E-state index in [9.17, 15) is 14.4 Å². The van der Waals surface area contributed by atoms with Gasteiger partial charge in [0.25, 0.3) is 11.1 Å². The Bertz CT molecular complexity index is 1260. The molecule has 0 radical (unpaired) electrons. The number of carbonyl (C=O) groups is 3. The highest BCUT2D eigenvalue weighted by Gasteiger charge is 2.35. The Hall–Kier alpha value is -3.10. The minimum atomic E-state index is -0.485. The van der Waals surface area contributed by atoms with Gasteiger partial charge in [-0.05, 0) is 73.9 Å². The molecule has 3 aromatic rings. The van der Waals surface area contributed by atoms with Crippen LogP contribution in [-0.2, 0) is 20.9 Å². The van der Waals surface area contributed by atoms with Crippen LogP contribution in [0.1, 0.15) is 11.1 Å². The third-order valence-electron chi connectivity index (χ3n) is 4.86. The molecular formula is C24H18BrNO5S. The maximum absolute atomic E-state index is 12.9. The standard InChI is InChI=1S/C24H18BrNO5S/c1-30-22(27)14-31-20-9-7-15(11-19(20)25)12-21-23(28)26(24(29)32-21)13-16-6-8-17-4-2-3-5-18(17)10-16/h2-12H,13-14H2,1H3/b21-12+. The number of halogens is 1. The van der Waals surface area contributed by atoms with Crippen molar-refractivity contribution in [3.05, 3.63) is 81.2 Å². The van der Waals surface area contributed by atoms with Crippen LogP contribution in [0, 0.1) is 0 Å². The molecule has 0 unspecified atom stereocenters. The van der Waals surface area contributed by atoms with Gasteiger partial charge in [-0.2, -0.15) is 0 Å². The van der Waals surface area contributed by atoms with E-state index in [-0.39, 0.29) is 24.3 Å². The lowest BCUT2D eigenvalue weighted by Gasteiger charge is -2.13. The molecule has 6 nitrogen and oxygen atoms in total. The number of carbonyl (C=O) groups excluding carboxylic acids is 3. The number of hydrogen-bond acceptors (Lipinski definition) is 6. The molecule has 1 heterocycles. The summed E-state index contributed by atoms with van der Waals surface area (Å²) in [6, 6.07) is 19.0. The highest BCUT2D eigenvalue weighted by atomic mass is 79.9. The quantitative estimate of drug-likeness (QED) is 0.326. The van der Waals surface area contributed by atoms with Crippen LogP contribution in [0.3, 0.4) is 0 Å². The molecule has 0 N–H and O–H groups in total. The van der Waals surface area contributed by atoms with E-state index >= 15 is 0 Å². The van der Waals surface area contributed by atoms with Crippen molar-refractivity contribution < 1.29 is 23.9 Å². The summed E-state index contributed by atoms with van der Waals surface area (Å²) >= 11 is 4.31. The van der Waals surface area contributed by atoms with Gasteiger partial charge in [0.2, 0.25) is 0 Å². The fourth-order valence-electron chi connectivity index (χ4n) is 3.23. The second-order valence-electron chi connectivity index (χ2n) is 7.00. The molecule has 1 fully saturated rings. The summed E-state index contributed by atoms with van der Waals surface area (Å²) in [6.45, 7) is 0.0128. The number of amides is 2. The number of imide groups is 1. The smallest absolute Gasteiger partial charge is 0.343 e. The van der Waals surface area contributed by atoms with Gasteiger partial charge >= 0.3 is 5.97 Å². The van der Waals surface area contributed by atoms with Crippen molar-refractivity contribution in [3.63, 3.8) is 0 Å². The van der Waals surface area contributed by atoms with Gasteiger partial charge in [0.1, 0.15) is 5.75 Å². The Morgan fingerprint density at radius 3 is 2.59 bits per heavy atom. The summed E-state index contributed by atoms with van der Waals surface area (Å²) in [6.07, 6.45) is 1.67. The highest BCUT2D eigenvalue weighted by molar-refractivity contribution is 9.10. The van der Waals surface area contributed by atoms with Crippen LogP contribution < -0.4 is 4.74 Å². The Morgan fingerprint density at radius 2 is 1.84 bits per heavy atom. The largest absolute Gasteiger partial charge is 0.481 e. The minimum Gasteiger partial charge on any atom is -0.481 e. The van der Waals surface area contributed by atoms with Crippen LogP contribution in [0.15, 0.2) is 70.0 Å². The summed E-state index contributed by atoms with van der Waals surface area (Å²) in [5.74, 6) is -0.340. The van der Waals surface area contributed by atoms with Crippen LogP contribution in [0.25, 0.3) is 16.8 Å². The van der Waals surface area contributed by atoms with Crippen molar-refractivity contribution in [2.24, 2.45) is 0 Å². The van der Waals surface area contributed by atoms with Crippen molar-refractivity contribution in [2.45, 2.75) is 6.54 Å². The molecule has 0 saturated carbocycles. The fraction of sp³-hybridized carbons (Fsp3) is 0.125. The molecule has 1 aliphatic rings. The molecular weight excluding hydrogens is 494 g/mol. The average Bonchev–Trinajstić information content (AvgIpc) is 3.05. The van der Waals surface area contributed by atoms with Crippen molar-refractivity contribution in [1.29, 1.82) is 0 Å². The molecule has 32 heavy (non-hydrogen) atoms. The van der Waals surface area contributed by atoms with E-state index in [1.54, 1.807) is 24.3 Å². The van der Waals surface area contributed by atoms with Crippen LogP contribution in [0.4, 0.5) is 4.79 Å². The molecule has 8 heteroatoms. The Kier molecular flexibility index (Phi) is 6.62. The zero-order valence-electron chi connectivity index (χ0n) is 17.0. The monoisotopic (exact) mass is 511 g/mol. The molecule has 0 bridgehead atoms. The first-order chi connectivity index (χ1) is 15.4. The van der Waals surface area contributed by atoms with Gasteiger partial charge < -0.3 is 9.47 Å². The first kappa shape index (κ1) is 22.1. The molecule has 162 valence electrons. The normalized spacial score (nSPS) is 14.9. The van der Waals surface area contributed by atoms with E-state index in [4.69, 9.17) is 4.74 Å². The van der Waals surface area contributed by atoms with Crippen LogP contribution in [0.5, 0.6) is 5.75 Å². The number of fused-ring (bicyclic) bond motifs is 1. The van der Waals surface area contributed by atoms with E-state index < -0.39 is 5.97 Å². The van der Waals surface area contributed by atoms with Gasteiger partial charge in [0.05, 0.1) is 23.0 Å². The number of rotatable bonds is 6. The molecule has 0 spiro atoms. The van der Waals surface area contributed by atoms with Crippen molar-refractivity contribution >= 4 is 61.7 Å². The second kappa shape index (κ2) is 9.58. The third kappa shape index (κ3) is 4.87. The van der Waals surface area contributed by atoms with Gasteiger partial charge in [-0.1, -0.05) is 42.5 Å². The summed E-state index contributed by atoms with van der Waals surface area (Å²) < 4.78 is 10.6. The van der Waals surface area contributed by atoms with Gasteiger partial charge in [-0.15, -0.1) is 0 Å². The summed E-state index contributed by atoms with van der Waals surface area (Å²) in [4.78, 5) is 38.2. The summed E-state index contributed by atoms with van der Waals surface area (Å²) in [5.41, 5.74) is 1.61. The molecule has 4 rings (SSSR count). The van der Waals surface area contributed by atoms with E-state index in [0.717, 1.165) is 33.7 Å².